The average Bonchev–Trinajstić information content (AvgIpc) is 3.10. The maximum atomic E-state index is 14.1. The molecule has 212 valence electrons. The molecule has 37 heavy (non-hydrogen) atoms. The van der Waals surface area contributed by atoms with Crippen LogP contribution in [0.5, 0.6) is 0 Å². The van der Waals surface area contributed by atoms with E-state index in [1.807, 2.05) is 0 Å². The number of aromatic nitrogens is 2. The number of rotatable bonds is 10. The first-order valence-corrected chi connectivity index (χ1v) is 16.3. The van der Waals surface area contributed by atoms with E-state index in [0.29, 0.717) is 41.9 Å². The third-order valence-electron chi connectivity index (χ3n) is 7.14. The second-order valence-electron chi connectivity index (χ2n) is 11.5. The van der Waals surface area contributed by atoms with E-state index in [9.17, 15) is 22.0 Å². The summed E-state index contributed by atoms with van der Waals surface area (Å²) in [7, 11) is -1.33. The van der Waals surface area contributed by atoms with Crippen LogP contribution >= 0.6 is 12.4 Å². The topological polar surface area (TPSA) is 79.1 Å². The Hall–Kier alpha value is -1.27. The first-order valence-electron chi connectivity index (χ1n) is 12.6. The van der Waals surface area contributed by atoms with Gasteiger partial charge < -0.3 is 20.8 Å². The predicted molar refractivity (Wildman–Crippen MR) is 142 cm³/mol. The predicted octanol–water partition coefficient (Wildman–Crippen LogP) is 6.98. The lowest BCUT2D eigenvalue weighted by Gasteiger charge is -2.32. The van der Waals surface area contributed by atoms with E-state index in [4.69, 9.17) is 16.2 Å². The highest BCUT2D eigenvalue weighted by atomic mass is 35.5. The Kier molecular flexibility index (Phi) is 10.6. The molecule has 1 aromatic heterocycles. The van der Waals surface area contributed by atoms with Crippen molar-refractivity contribution in [3.63, 3.8) is 0 Å². The second-order valence-corrected chi connectivity index (χ2v) is 17.1. The van der Waals surface area contributed by atoms with Crippen molar-refractivity contribution >= 4 is 31.5 Å². The second kappa shape index (κ2) is 12.3. The minimum Gasteiger partial charge on any atom is -0.361 e. The molecule has 1 fully saturated rings. The Morgan fingerprint density at radius 2 is 1.89 bits per heavy atom. The molecule has 1 aliphatic carbocycles. The molecule has 0 aliphatic heterocycles. The van der Waals surface area contributed by atoms with E-state index in [1.54, 1.807) is 29.7 Å². The minimum absolute atomic E-state index is 0. The van der Waals surface area contributed by atoms with E-state index in [-0.39, 0.29) is 32.0 Å². The third-order valence-corrected chi connectivity index (χ3v) is 8.84. The van der Waals surface area contributed by atoms with Gasteiger partial charge in [-0.05, 0) is 48.4 Å². The van der Waals surface area contributed by atoms with Crippen molar-refractivity contribution in [2.45, 2.75) is 102 Å². The highest BCUT2D eigenvalue weighted by Gasteiger charge is 2.40. The molecule has 0 saturated heterocycles. The molecule has 2 aromatic rings. The molecule has 1 aliphatic rings. The molecule has 1 aromatic carbocycles. The monoisotopic (exact) mass is 570 g/mol. The lowest BCUT2D eigenvalue weighted by Crippen LogP contribution is -2.34. The Labute approximate surface area is 222 Å². The number of hydrogen-bond donors (Lipinski definition) is 2. The van der Waals surface area contributed by atoms with Crippen molar-refractivity contribution < 1.29 is 26.7 Å². The van der Waals surface area contributed by atoms with Crippen molar-refractivity contribution in [3.8, 4) is 0 Å². The van der Waals surface area contributed by atoms with Crippen LogP contribution in [0.4, 0.5) is 22.0 Å². The molecule has 0 spiro atoms. The maximum Gasteiger partial charge on any atom is 0.390 e. The maximum absolute atomic E-state index is 14.1. The third kappa shape index (κ3) is 8.88. The molecule has 0 bridgehead atoms. The van der Waals surface area contributed by atoms with Crippen LogP contribution in [0.15, 0.2) is 18.2 Å². The van der Waals surface area contributed by atoms with Crippen molar-refractivity contribution in [3.05, 3.63) is 29.6 Å². The number of nitrogens with two attached hydrogens (primary N) is 2. The van der Waals surface area contributed by atoms with Gasteiger partial charge in [-0.25, -0.2) is 13.8 Å². The molecule has 5 nitrogen and oxygen atoms in total. The Bertz CT molecular complexity index is 1030. The number of benzene rings is 1. The quantitative estimate of drug-likeness (QED) is 0.183. The van der Waals surface area contributed by atoms with Crippen LogP contribution in [-0.2, 0) is 11.5 Å². The first-order chi connectivity index (χ1) is 16.6. The van der Waals surface area contributed by atoms with Crippen LogP contribution in [0.1, 0.15) is 62.4 Å². The van der Waals surface area contributed by atoms with Gasteiger partial charge in [-0.15, -0.1) is 12.4 Å². The first kappa shape index (κ1) is 31.9. The van der Waals surface area contributed by atoms with Gasteiger partial charge in [0.05, 0.1) is 23.5 Å². The zero-order valence-electron chi connectivity index (χ0n) is 22.0. The van der Waals surface area contributed by atoms with E-state index in [1.165, 1.54) is 0 Å². The Morgan fingerprint density at radius 3 is 2.49 bits per heavy atom. The standard InChI is InChI=1S/C25H39F5N4OSi.ClH/c1-16(19(31)14-25(28,29)30)17-7-8-20-21(12-17)34(15-35-10-11-36(2,3)4)23(33-20)22(32)18-6-5-9-24(26,27)13-18;/h7-8,12,16,18-19,22H,5-6,9-11,13-15,31-32H2,1-4H3;1H/t16-,18-,19?,22+;/m1./s1. The highest BCUT2D eigenvalue weighted by molar-refractivity contribution is 6.76. The molecule has 4 N–H and O–H groups in total. The lowest BCUT2D eigenvalue weighted by atomic mass is 9.82. The summed E-state index contributed by atoms with van der Waals surface area (Å²) >= 11 is 0. The van der Waals surface area contributed by atoms with Crippen LogP contribution in [-0.4, -0.2) is 42.4 Å². The number of alkyl halides is 5. The largest absolute Gasteiger partial charge is 0.390 e. The van der Waals surface area contributed by atoms with Crippen molar-refractivity contribution in [1.29, 1.82) is 0 Å². The summed E-state index contributed by atoms with van der Waals surface area (Å²) in [6.45, 7) is 9.07. The summed E-state index contributed by atoms with van der Waals surface area (Å²) in [5, 5.41) is 0. The van der Waals surface area contributed by atoms with Gasteiger partial charge in [-0.3, -0.25) is 0 Å². The van der Waals surface area contributed by atoms with E-state index in [0.717, 1.165) is 6.04 Å². The average molecular weight is 571 g/mol. The molecule has 0 amide bonds. The summed E-state index contributed by atoms with van der Waals surface area (Å²) in [5.41, 5.74) is 14.3. The van der Waals surface area contributed by atoms with Gasteiger partial charge in [0, 0.05) is 33.6 Å². The molecule has 3 rings (SSSR count). The summed E-state index contributed by atoms with van der Waals surface area (Å²) in [4.78, 5) is 4.68. The number of halogens is 6. The van der Waals surface area contributed by atoms with Crippen molar-refractivity contribution in [2.75, 3.05) is 6.61 Å². The van der Waals surface area contributed by atoms with Crippen LogP contribution in [0.2, 0.25) is 25.7 Å². The summed E-state index contributed by atoms with van der Waals surface area (Å²) in [6, 6.07) is 4.36. The summed E-state index contributed by atoms with van der Waals surface area (Å²) < 4.78 is 74.8. The van der Waals surface area contributed by atoms with E-state index in [2.05, 4.69) is 24.6 Å². The number of hydrogen-bond acceptors (Lipinski definition) is 4. The normalized spacial score (nSPS) is 20.9. The fourth-order valence-electron chi connectivity index (χ4n) is 4.79. The van der Waals surface area contributed by atoms with E-state index >= 15 is 0 Å². The number of ether oxygens (including phenoxy) is 1. The molecule has 1 heterocycles. The SMILES string of the molecule is C[C@H](c1ccc2nc([C@@H](N)[C@@H]3CCCC(F)(F)C3)n(COCC[Si](C)(C)C)c2c1)C(N)CC(F)(F)F.Cl. The van der Waals surface area contributed by atoms with Gasteiger partial charge >= 0.3 is 6.18 Å². The summed E-state index contributed by atoms with van der Waals surface area (Å²) in [5.74, 6) is -3.26. The van der Waals surface area contributed by atoms with Gasteiger partial charge in [0.25, 0.3) is 0 Å². The number of nitrogens with zero attached hydrogens (tertiary/aromatic N) is 2. The fraction of sp³-hybridized carbons (Fsp3) is 0.720. The molecular weight excluding hydrogens is 531 g/mol. The molecule has 4 atom stereocenters. The van der Waals surface area contributed by atoms with Gasteiger partial charge in [0.15, 0.2) is 0 Å². The summed E-state index contributed by atoms with van der Waals surface area (Å²) in [6.07, 6.45) is -4.88. The van der Waals surface area contributed by atoms with Gasteiger partial charge in [-0.2, -0.15) is 13.2 Å². The fourth-order valence-corrected chi connectivity index (χ4v) is 5.54. The molecule has 0 radical (unpaired) electrons. The van der Waals surface area contributed by atoms with Gasteiger partial charge in [0.1, 0.15) is 12.6 Å². The van der Waals surface area contributed by atoms with Crippen molar-refractivity contribution in [2.24, 2.45) is 17.4 Å². The molecule has 1 saturated carbocycles. The van der Waals surface area contributed by atoms with Crippen LogP contribution in [0.3, 0.4) is 0 Å². The molecular formula is C25H40ClF5N4OSi. The van der Waals surface area contributed by atoms with Crippen LogP contribution in [0.25, 0.3) is 11.0 Å². The Balaban J connectivity index is 0.00000481. The number of imidazole rings is 1. The van der Waals surface area contributed by atoms with E-state index < -0.39 is 50.5 Å². The number of fused-ring (bicyclic) bond motifs is 1. The zero-order valence-corrected chi connectivity index (χ0v) is 23.8. The van der Waals surface area contributed by atoms with Crippen LogP contribution in [0, 0.1) is 5.92 Å². The van der Waals surface area contributed by atoms with Gasteiger partial charge in [-0.1, -0.05) is 32.6 Å². The highest BCUT2D eigenvalue weighted by Crippen LogP contribution is 2.42. The van der Waals surface area contributed by atoms with Gasteiger partial charge in [0.2, 0.25) is 5.92 Å². The lowest BCUT2D eigenvalue weighted by molar-refractivity contribution is -0.139. The Morgan fingerprint density at radius 1 is 1.22 bits per heavy atom. The smallest absolute Gasteiger partial charge is 0.361 e. The molecule has 1 unspecified atom stereocenters. The zero-order chi connectivity index (χ0) is 26.9. The van der Waals surface area contributed by atoms with Crippen molar-refractivity contribution in [1.82, 2.24) is 9.55 Å². The van der Waals surface area contributed by atoms with Crippen LogP contribution < -0.4 is 11.5 Å². The minimum atomic E-state index is -4.36. The molecule has 12 heteroatoms.